The topological polar surface area (TPSA) is 203 Å². The Labute approximate surface area is 466 Å². The molecule has 17 nitrogen and oxygen atoms in total. The van der Waals surface area contributed by atoms with Gasteiger partial charge in [0, 0.05) is 98.0 Å². The number of cyclic esters (lactones) is 1. The first kappa shape index (κ1) is 65.6. The van der Waals surface area contributed by atoms with Gasteiger partial charge in [-0.05, 0) is 113 Å². The van der Waals surface area contributed by atoms with Gasteiger partial charge < -0.3 is 47.7 Å². The maximum atomic E-state index is 14.7. The van der Waals surface area contributed by atoms with Gasteiger partial charge in [-0.15, -0.1) is 0 Å². The molecular formula is C60H97N2O15P. The molecule has 4 heterocycles. The molecule has 1 aliphatic carbocycles. The summed E-state index contributed by atoms with van der Waals surface area (Å²) in [6.07, 6.45) is 13.6. The predicted octanol–water partition coefficient (Wildman–Crippen LogP) is 8.49. The van der Waals surface area contributed by atoms with E-state index >= 15 is 0 Å². The highest BCUT2D eigenvalue weighted by atomic mass is 31.2. The third kappa shape index (κ3) is 18.9. The average molecular weight is 1120 g/mol. The first-order valence-electron chi connectivity index (χ1n) is 29.0. The summed E-state index contributed by atoms with van der Waals surface area (Å²) in [5, 5.41) is 12.3. The number of carbonyl (C=O) groups excluding carboxylic acids is 5. The van der Waals surface area contributed by atoms with E-state index in [-0.39, 0.29) is 66.8 Å². The lowest BCUT2D eigenvalue weighted by molar-refractivity contribution is -0.266. The van der Waals surface area contributed by atoms with Crippen LogP contribution in [0.25, 0.3) is 0 Å². The van der Waals surface area contributed by atoms with E-state index in [4.69, 9.17) is 37.7 Å². The van der Waals surface area contributed by atoms with Crippen LogP contribution in [0.5, 0.6) is 0 Å². The van der Waals surface area contributed by atoms with E-state index in [2.05, 4.69) is 17.9 Å². The van der Waals surface area contributed by atoms with Crippen molar-refractivity contribution in [2.75, 3.05) is 80.7 Å². The highest BCUT2D eigenvalue weighted by molar-refractivity contribution is 7.57. The average Bonchev–Trinajstić information content (AvgIpc) is 3.45. The standard InChI is InChI=1S/C60H97N2O15P/c1-39-19-14-13-15-20-40(2)51(74-30-18-26-61-28-31-73-32-29-61)37-47-24-22-45(7)60(68,76-47)57(65)58(66)62-27-17-16-21-48(62)59(67)75-52(42(4)35-46-23-25-50(53(36-46)70-8)77-78(11,12)69)38-49(63)41(3)34-44(6)55(71-9)56(72-10)54(64)43(5)33-39/h13-15,19-20,34,39,41-43,45-48,50-53,55-56,68H,16-18,21-33,35-38H2,1-12H3/b15-13+,19-14+,40-20+,44-34+/t39-,41-,42-,43-,45-,46+,47+,48+,50-,51?,52+,53-,55-,56+,60-/m1/s1. The molecule has 1 amide bonds. The number of rotatable bonds is 13. The molecule has 5 rings (SSSR count). The normalized spacial score (nSPS) is 37.3. The van der Waals surface area contributed by atoms with Crippen LogP contribution in [0.1, 0.15) is 132 Å². The highest BCUT2D eigenvalue weighted by Crippen LogP contribution is 2.45. The molecule has 15 atom stereocenters. The number of amides is 1. The molecule has 1 unspecified atom stereocenters. The number of methoxy groups -OCH3 is 3. The SMILES string of the molecule is CO[C@@H]1/C(C)=C/[C@@H](C)C(=O)C[C@@H]([C@H](C)C[C@@H]2CC[C@@H](OP(C)(C)=O)[C@H](OC)C2)OC(=O)[C@@H]2CCCCN2C(=O)C(=O)[C@]2(O)O[C@@H](CC[C@H]2C)CC(OCCCN2CCOCC2)/C(C)=C/C=C/C=C/[C@@H](C)C[C@@H](C)C(=O)[C@@H]1OC. The van der Waals surface area contributed by atoms with E-state index in [0.29, 0.717) is 83.2 Å². The Morgan fingerprint density at radius 1 is 0.821 bits per heavy atom. The van der Waals surface area contributed by atoms with Crippen LogP contribution < -0.4 is 0 Å². The van der Waals surface area contributed by atoms with E-state index in [1.54, 1.807) is 40.4 Å². The Morgan fingerprint density at radius 3 is 2.22 bits per heavy atom. The van der Waals surface area contributed by atoms with Crippen molar-refractivity contribution >= 4 is 36.6 Å². The minimum absolute atomic E-state index is 0.0392. The number of aliphatic hydroxyl groups is 1. The number of allylic oxidation sites excluding steroid dienone is 6. The molecule has 0 radical (unpaired) electrons. The summed E-state index contributed by atoms with van der Waals surface area (Å²) in [7, 11) is 1.81. The molecule has 4 aliphatic heterocycles. The highest BCUT2D eigenvalue weighted by Gasteiger charge is 2.53. The van der Waals surface area contributed by atoms with Crippen LogP contribution in [0.15, 0.2) is 47.6 Å². The van der Waals surface area contributed by atoms with Gasteiger partial charge in [-0.25, -0.2) is 4.79 Å². The van der Waals surface area contributed by atoms with Crippen molar-refractivity contribution in [2.45, 2.75) is 186 Å². The lowest BCUT2D eigenvalue weighted by atomic mass is 9.78. The lowest BCUT2D eigenvalue weighted by Gasteiger charge is -2.43. The van der Waals surface area contributed by atoms with E-state index in [1.165, 1.54) is 19.1 Å². The molecular weight excluding hydrogens is 1020 g/mol. The molecule has 18 heteroatoms. The van der Waals surface area contributed by atoms with Crippen molar-refractivity contribution in [3.63, 3.8) is 0 Å². The summed E-state index contributed by atoms with van der Waals surface area (Å²) in [5.41, 5.74) is 1.55. The molecule has 0 aromatic rings. The fourth-order valence-electron chi connectivity index (χ4n) is 12.1. The minimum Gasteiger partial charge on any atom is -0.460 e. The number of morpholine rings is 1. The Hall–Kier alpha value is -3.22. The molecule has 5 aliphatic rings. The summed E-state index contributed by atoms with van der Waals surface area (Å²) >= 11 is 0. The Morgan fingerprint density at radius 2 is 1.54 bits per heavy atom. The number of piperidine rings is 1. The van der Waals surface area contributed by atoms with Crippen LogP contribution >= 0.6 is 7.37 Å². The Kier molecular flexibility index (Phi) is 26.3. The number of hydrogen-bond donors (Lipinski definition) is 1. The van der Waals surface area contributed by atoms with Gasteiger partial charge in [0.2, 0.25) is 5.79 Å². The zero-order valence-electron chi connectivity index (χ0n) is 49.2. The van der Waals surface area contributed by atoms with Crippen LogP contribution in [0, 0.1) is 35.5 Å². The second kappa shape index (κ2) is 31.3. The number of ether oxygens (including phenoxy) is 7. The third-order valence-corrected chi connectivity index (χ3v) is 17.6. The summed E-state index contributed by atoms with van der Waals surface area (Å²) in [4.78, 5) is 76.0. The van der Waals surface area contributed by atoms with Crippen molar-refractivity contribution in [2.24, 2.45) is 35.5 Å². The van der Waals surface area contributed by atoms with Gasteiger partial charge in [0.25, 0.3) is 11.7 Å². The molecule has 0 spiro atoms. The molecule has 1 saturated carbocycles. The van der Waals surface area contributed by atoms with Crippen molar-refractivity contribution in [3.05, 3.63) is 47.6 Å². The number of carbonyl (C=O) groups is 5. The van der Waals surface area contributed by atoms with Gasteiger partial charge in [0.15, 0.2) is 13.2 Å². The van der Waals surface area contributed by atoms with Gasteiger partial charge in [0.1, 0.15) is 30.1 Å². The zero-order valence-corrected chi connectivity index (χ0v) is 50.1. The second-order valence-corrected chi connectivity index (χ2v) is 26.3. The van der Waals surface area contributed by atoms with Gasteiger partial charge in [-0.3, -0.25) is 28.6 Å². The summed E-state index contributed by atoms with van der Waals surface area (Å²) in [6.45, 7) is 20.9. The fraction of sp³-hybridized carbons (Fsp3) is 0.783. The van der Waals surface area contributed by atoms with Crippen molar-refractivity contribution in [3.8, 4) is 0 Å². The van der Waals surface area contributed by atoms with Crippen molar-refractivity contribution < 1.29 is 71.3 Å². The van der Waals surface area contributed by atoms with Gasteiger partial charge >= 0.3 is 5.97 Å². The fourth-order valence-corrected chi connectivity index (χ4v) is 13.0. The van der Waals surface area contributed by atoms with Crippen molar-refractivity contribution in [1.29, 1.82) is 0 Å². The van der Waals surface area contributed by atoms with E-state index in [1.807, 2.05) is 52.0 Å². The molecule has 3 saturated heterocycles. The molecule has 2 bridgehead atoms. The first-order chi connectivity index (χ1) is 37.0. The van der Waals surface area contributed by atoms with Crippen LogP contribution in [-0.2, 0) is 66.2 Å². The number of esters is 1. The Bertz CT molecular complexity index is 2150. The van der Waals surface area contributed by atoms with E-state index < -0.39 is 79.2 Å². The monoisotopic (exact) mass is 1120 g/mol. The largest absolute Gasteiger partial charge is 0.460 e. The number of ketones is 3. The zero-order chi connectivity index (χ0) is 57.3. The van der Waals surface area contributed by atoms with Gasteiger partial charge in [-0.1, -0.05) is 71.1 Å². The van der Waals surface area contributed by atoms with Crippen LogP contribution in [-0.4, -0.2) is 179 Å². The van der Waals surface area contributed by atoms with Crippen molar-refractivity contribution in [1.82, 2.24) is 9.80 Å². The first-order valence-corrected chi connectivity index (χ1v) is 31.5. The van der Waals surface area contributed by atoms with E-state index in [0.717, 1.165) is 38.0 Å². The number of fused-ring (bicyclic) bond motifs is 3. The van der Waals surface area contributed by atoms with Crippen LogP contribution in [0.4, 0.5) is 0 Å². The van der Waals surface area contributed by atoms with E-state index in [9.17, 15) is 33.6 Å². The predicted molar refractivity (Wildman–Crippen MR) is 299 cm³/mol. The summed E-state index contributed by atoms with van der Waals surface area (Å²) in [6, 6.07) is -1.15. The third-order valence-electron chi connectivity index (χ3n) is 16.8. The number of nitrogens with zero attached hydrogens (tertiary/aromatic N) is 2. The maximum absolute atomic E-state index is 14.7. The minimum atomic E-state index is -2.79. The van der Waals surface area contributed by atoms with Crippen LogP contribution in [0.2, 0.25) is 0 Å². The summed E-state index contributed by atoms with van der Waals surface area (Å²) < 4.78 is 61.1. The molecule has 4 fully saturated rings. The maximum Gasteiger partial charge on any atom is 0.329 e. The Balaban J connectivity index is 1.47. The van der Waals surface area contributed by atoms with Gasteiger partial charge in [0.05, 0.1) is 37.6 Å². The molecule has 442 valence electrons. The molecule has 0 aromatic heterocycles. The number of Topliss-reactive ketones (excluding diaryl/α,β-unsaturated/α-hetero) is 3. The molecule has 78 heavy (non-hydrogen) atoms. The number of hydrogen-bond acceptors (Lipinski definition) is 16. The molecule has 1 N–H and O–H groups in total. The molecule has 0 aromatic carbocycles. The lowest BCUT2D eigenvalue weighted by Crippen LogP contribution is -2.61. The quantitative estimate of drug-likeness (QED) is 0.0604. The summed E-state index contributed by atoms with van der Waals surface area (Å²) in [5.74, 6) is -7.68. The van der Waals surface area contributed by atoms with Gasteiger partial charge in [-0.2, -0.15) is 0 Å². The van der Waals surface area contributed by atoms with Crippen LogP contribution in [0.3, 0.4) is 0 Å². The smallest absolute Gasteiger partial charge is 0.329 e. The second-order valence-electron chi connectivity index (χ2n) is 23.6.